The van der Waals surface area contributed by atoms with Gasteiger partial charge in [-0.05, 0) is 18.6 Å². The highest BCUT2D eigenvalue weighted by Gasteiger charge is 2.14. The van der Waals surface area contributed by atoms with Crippen molar-refractivity contribution in [1.82, 2.24) is 5.16 Å². The number of nitrogen functional groups attached to an aromatic ring is 1. The highest BCUT2D eigenvalue weighted by atomic mass is 16.6. The molecule has 0 aliphatic heterocycles. The zero-order chi connectivity index (χ0) is 11.7. The fourth-order valence-corrected chi connectivity index (χ4v) is 1.45. The van der Waals surface area contributed by atoms with Gasteiger partial charge in [0.25, 0.3) is 5.69 Å². The van der Waals surface area contributed by atoms with Crippen molar-refractivity contribution in [2.75, 3.05) is 5.73 Å². The summed E-state index contributed by atoms with van der Waals surface area (Å²) in [6, 6.07) is 4.61. The van der Waals surface area contributed by atoms with Gasteiger partial charge in [-0.1, -0.05) is 11.2 Å². The summed E-state index contributed by atoms with van der Waals surface area (Å²) in [7, 11) is 0. The van der Waals surface area contributed by atoms with Crippen molar-refractivity contribution >= 4 is 11.4 Å². The lowest BCUT2D eigenvalue weighted by molar-refractivity contribution is -0.383. The second-order valence-corrected chi connectivity index (χ2v) is 3.33. The lowest BCUT2D eigenvalue weighted by atomic mass is 10.1. The van der Waals surface area contributed by atoms with Crippen LogP contribution in [0.5, 0.6) is 0 Å². The van der Waals surface area contributed by atoms with E-state index in [0.29, 0.717) is 11.3 Å². The normalized spacial score (nSPS) is 10.3. The average molecular weight is 219 g/mol. The number of benzene rings is 1. The molecule has 0 saturated carbocycles. The van der Waals surface area contributed by atoms with E-state index in [1.807, 2.05) is 0 Å². The van der Waals surface area contributed by atoms with Crippen LogP contribution >= 0.6 is 0 Å². The third-order valence-electron chi connectivity index (χ3n) is 2.29. The molecule has 1 aromatic heterocycles. The van der Waals surface area contributed by atoms with Gasteiger partial charge in [-0.3, -0.25) is 10.1 Å². The van der Waals surface area contributed by atoms with Gasteiger partial charge >= 0.3 is 0 Å². The summed E-state index contributed by atoms with van der Waals surface area (Å²) in [5.41, 5.74) is 6.92. The molecule has 0 unspecified atom stereocenters. The molecule has 0 radical (unpaired) electrons. The maximum absolute atomic E-state index is 10.7. The van der Waals surface area contributed by atoms with E-state index in [9.17, 15) is 10.1 Å². The molecular weight excluding hydrogens is 210 g/mol. The zero-order valence-electron chi connectivity index (χ0n) is 8.51. The number of hydrogen-bond donors (Lipinski definition) is 1. The van der Waals surface area contributed by atoms with Crippen LogP contribution < -0.4 is 5.73 Å². The molecule has 6 heteroatoms. The van der Waals surface area contributed by atoms with E-state index in [4.69, 9.17) is 10.3 Å². The van der Waals surface area contributed by atoms with E-state index < -0.39 is 4.92 Å². The number of nitro benzene ring substituents is 1. The first-order valence-corrected chi connectivity index (χ1v) is 4.55. The monoisotopic (exact) mass is 219 g/mol. The first kappa shape index (κ1) is 10.2. The van der Waals surface area contributed by atoms with E-state index in [-0.39, 0.29) is 11.4 Å². The number of rotatable bonds is 2. The molecule has 0 amide bonds. The number of nitrogens with two attached hydrogens (primary N) is 1. The quantitative estimate of drug-likeness (QED) is 0.474. The maximum atomic E-state index is 10.7. The predicted octanol–water partition coefficient (Wildman–Crippen LogP) is 2.14. The molecule has 0 aliphatic carbocycles. The lowest BCUT2D eigenvalue weighted by Gasteiger charge is -2.00. The topological polar surface area (TPSA) is 95.2 Å². The number of nitro groups is 1. The van der Waals surface area contributed by atoms with Crippen LogP contribution in [0.15, 0.2) is 28.9 Å². The standard InChI is InChI=1S/C10H9N3O3/c1-6-8(5-12-16-6)7-2-3-9(11)10(4-7)13(14)15/h2-5H,11H2,1H3. The highest BCUT2D eigenvalue weighted by molar-refractivity contribution is 5.72. The van der Waals surface area contributed by atoms with Crippen molar-refractivity contribution in [3.8, 4) is 11.1 Å². The van der Waals surface area contributed by atoms with E-state index in [2.05, 4.69) is 5.16 Å². The number of hydrogen-bond acceptors (Lipinski definition) is 5. The Morgan fingerprint density at radius 3 is 2.81 bits per heavy atom. The van der Waals surface area contributed by atoms with Gasteiger partial charge in [-0.2, -0.15) is 0 Å². The molecule has 1 heterocycles. The van der Waals surface area contributed by atoms with Gasteiger partial charge in [-0.15, -0.1) is 0 Å². The van der Waals surface area contributed by atoms with Crippen molar-refractivity contribution < 1.29 is 9.45 Å². The molecular formula is C10H9N3O3. The molecule has 2 N–H and O–H groups in total. The van der Waals surface area contributed by atoms with E-state index in [1.165, 1.54) is 18.3 Å². The zero-order valence-corrected chi connectivity index (χ0v) is 8.51. The fourth-order valence-electron chi connectivity index (χ4n) is 1.45. The third kappa shape index (κ3) is 1.60. The van der Waals surface area contributed by atoms with Crippen LogP contribution in [0.2, 0.25) is 0 Å². The summed E-state index contributed by atoms with van der Waals surface area (Å²) >= 11 is 0. The first-order valence-electron chi connectivity index (χ1n) is 4.55. The van der Waals surface area contributed by atoms with Crippen LogP contribution in [0.1, 0.15) is 5.76 Å². The SMILES string of the molecule is Cc1oncc1-c1ccc(N)c([N+](=O)[O-])c1. The van der Waals surface area contributed by atoms with Gasteiger partial charge in [0.2, 0.25) is 0 Å². The summed E-state index contributed by atoms with van der Waals surface area (Å²) in [5, 5.41) is 14.3. The Morgan fingerprint density at radius 2 is 2.25 bits per heavy atom. The summed E-state index contributed by atoms with van der Waals surface area (Å²) in [6.07, 6.45) is 1.52. The van der Waals surface area contributed by atoms with Gasteiger partial charge in [0.1, 0.15) is 11.4 Å². The van der Waals surface area contributed by atoms with Crippen LogP contribution in [0, 0.1) is 17.0 Å². The molecule has 0 saturated heterocycles. The summed E-state index contributed by atoms with van der Waals surface area (Å²) in [6.45, 7) is 1.74. The molecule has 1 aromatic carbocycles. The molecule has 2 aromatic rings. The molecule has 16 heavy (non-hydrogen) atoms. The maximum Gasteiger partial charge on any atom is 0.292 e. The van der Waals surface area contributed by atoms with Crippen molar-refractivity contribution in [1.29, 1.82) is 0 Å². The highest BCUT2D eigenvalue weighted by Crippen LogP contribution is 2.30. The molecule has 0 bridgehead atoms. The Kier molecular flexibility index (Phi) is 2.32. The lowest BCUT2D eigenvalue weighted by Crippen LogP contribution is -1.95. The molecule has 0 aliphatic rings. The van der Waals surface area contributed by atoms with Crippen LogP contribution in [-0.2, 0) is 0 Å². The Morgan fingerprint density at radius 1 is 1.50 bits per heavy atom. The number of aromatic nitrogens is 1. The van der Waals surface area contributed by atoms with E-state index >= 15 is 0 Å². The number of aryl methyl sites for hydroxylation is 1. The van der Waals surface area contributed by atoms with Gasteiger partial charge < -0.3 is 10.3 Å². The molecule has 0 atom stereocenters. The van der Waals surface area contributed by atoms with E-state index in [0.717, 1.165) is 5.56 Å². The summed E-state index contributed by atoms with van der Waals surface area (Å²) in [4.78, 5) is 10.2. The minimum absolute atomic E-state index is 0.113. The third-order valence-corrected chi connectivity index (χ3v) is 2.29. The summed E-state index contributed by atoms with van der Waals surface area (Å²) in [5.74, 6) is 0.610. The van der Waals surface area contributed by atoms with Crippen molar-refractivity contribution in [2.45, 2.75) is 6.92 Å². The van der Waals surface area contributed by atoms with Gasteiger partial charge in [0.05, 0.1) is 11.1 Å². The largest absolute Gasteiger partial charge is 0.393 e. The molecule has 0 fully saturated rings. The van der Waals surface area contributed by atoms with Crippen molar-refractivity contribution in [3.63, 3.8) is 0 Å². The molecule has 0 spiro atoms. The van der Waals surface area contributed by atoms with Crippen LogP contribution in [-0.4, -0.2) is 10.1 Å². The Labute approximate surface area is 90.8 Å². The van der Waals surface area contributed by atoms with E-state index in [1.54, 1.807) is 13.0 Å². The van der Waals surface area contributed by atoms with Crippen LogP contribution in [0.4, 0.5) is 11.4 Å². The van der Waals surface area contributed by atoms with Crippen molar-refractivity contribution in [2.24, 2.45) is 0 Å². The Bertz CT molecular complexity index is 548. The van der Waals surface area contributed by atoms with Gasteiger partial charge in [0, 0.05) is 11.6 Å². The van der Waals surface area contributed by atoms with Gasteiger partial charge in [0.15, 0.2) is 0 Å². The molecule has 82 valence electrons. The van der Waals surface area contributed by atoms with Crippen molar-refractivity contribution in [3.05, 3.63) is 40.3 Å². The second kappa shape index (κ2) is 3.65. The minimum atomic E-state index is -0.512. The predicted molar refractivity (Wildman–Crippen MR) is 57.7 cm³/mol. The van der Waals surface area contributed by atoms with Gasteiger partial charge in [-0.25, -0.2) is 0 Å². The van der Waals surface area contributed by atoms with Crippen LogP contribution in [0.3, 0.4) is 0 Å². The molecule has 2 rings (SSSR count). The average Bonchev–Trinajstić information content (AvgIpc) is 2.65. The second-order valence-electron chi connectivity index (χ2n) is 3.33. The molecule has 6 nitrogen and oxygen atoms in total. The first-order chi connectivity index (χ1) is 7.59. The number of nitrogens with zero attached hydrogens (tertiary/aromatic N) is 2. The smallest absolute Gasteiger partial charge is 0.292 e. The Hall–Kier alpha value is -2.37. The minimum Gasteiger partial charge on any atom is -0.393 e. The number of anilines is 1. The Balaban J connectivity index is 2.56. The fraction of sp³-hybridized carbons (Fsp3) is 0.100. The summed E-state index contributed by atoms with van der Waals surface area (Å²) < 4.78 is 4.90. The van der Waals surface area contributed by atoms with Crippen LogP contribution in [0.25, 0.3) is 11.1 Å².